The van der Waals surface area contributed by atoms with Crippen molar-refractivity contribution in [1.82, 2.24) is 0 Å². The van der Waals surface area contributed by atoms with Gasteiger partial charge in [-0.25, -0.2) is 4.79 Å². The second-order valence-electron chi connectivity index (χ2n) is 15.0. The number of hydrogen-bond acceptors (Lipinski definition) is 5. The summed E-state index contributed by atoms with van der Waals surface area (Å²) in [5.74, 6) is 0.0796. The molecule has 0 fully saturated rings. The number of aromatic hydroxyl groups is 1. The summed E-state index contributed by atoms with van der Waals surface area (Å²) in [5.41, 5.74) is 3.07. The molecule has 0 saturated carbocycles. The lowest BCUT2D eigenvalue weighted by Crippen LogP contribution is -2.23. The van der Waals surface area contributed by atoms with Gasteiger partial charge in [-0.05, 0) is 59.3 Å². The van der Waals surface area contributed by atoms with Crippen molar-refractivity contribution in [3.63, 3.8) is 0 Å². The van der Waals surface area contributed by atoms with E-state index in [1.807, 2.05) is 0 Å². The maximum absolute atomic E-state index is 11.5. The third-order valence-electron chi connectivity index (χ3n) is 6.44. The Balaban J connectivity index is 2.66. The van der Waals surface area contributed by atoms with Crippen molar-refractivity contribution in [2.75, 3.05) is 6.61 Å². The van der Waals surface area contributed by atoms with Crippen LogP contribution >= 0.6 is 23.5 Å². The second-order valence-corrected chi connectivity index (χ2v) is 18.6. The third kappa shape index (κ3) is 8.60. The number of carbonyl (C=O) groups is 1. The quantitative estimate of drug-likeness (QED) is 0.253. The molecule has 4 nitrogen and oxygen atoms in total. The first-order valence-electron chi connectivity index (χ1n) is 13.6. The van der Waals surface area contributed by atoms with E-state index in [4.69, 9.17) is 4.74 Å². The molecule has 0 spiro atoms. The minimum atomic E-state index is -0.986. The first-order valence-corrected chi connectivity index (χ1v) is 15.3. The Kier molecular flexibility index (Phi) is 9.63. The zero-order chi connectivity index (χ0) is 30.4. The summed E-state index contributed by atoms with van der Waals surface area (Å²) in [6.07, 6.45) is 0. The van der Waals surface area contributed by atoms with E-state index in [1.54, 1.807) is 23.5 Å². The maximum atomic E-state index is 11.5. The molecule has 0 unspecified atom stereocenters. The molecule has 0 saturated heterocycles. The number of hydrogen-bond donors (Lipinski definition) is 2. The van der Waals surface area contributed by atoms with E-state index in [-0.39, 0.29) is 32.3 Å². The number of benzene rings is 2. The molecule has 39 heavy (non-hydrogen) atoms. The lowest BCUT2D eigenvalue weighted by atomic mass is 9.79. The Morgan fingerprint density at radius 1 is 0.718 bits per heavy atom. The topological polar surface area (TPSA) is 66.8 Å². The largest absolute Gasteiger partial charge is 0.507 e. The summed E-state index contributed by atoms with van der Waals surface area (Å²) in [4.78, 5) is 13.7. The monoisotopic (exact) mass is 574 g/mol. The van der Waals surface area contributed by atoms with Gasteiger partial charge in [0, 0.05) is 26.5 Å². The highest BCUT2D eigenvalue weighted by Gasteiger charge is 2.34. The van der Waals surface area contributed by atoms with Crippen molar-refractivity contribution in [1.29, 1.82) is 0 Å². The first-order chi connectivity index (χ1) is 17.3. The highest BCUT2D eigenvalue weighted by molar-refractivity contribution is 8.18. The Hall–Kier alpha value is -1.79. The number of carboxylic acids is 1. The van der Waals surface area contributed by atoms with E-state index < -0.39 is 5.97 Å². The average molecular weight is 575 g/mol. The third-order valence-corrected chi connectivity index (χ3v) is 8.95. The van der Waals surface area contributed by atoms with Crippen LogP contribution in [0.1, 0.15) is 119 Å². The Labute approximate surface area is 245 Å². The van der Waals surface area contributed by atoms with Gasteiger partial charge in [0.05, 0.1) is 4.08 Å². The zero-order valence-corrected chi connectivity index (χ0v) is 28.2. The fraction of sp³-hybridized carbons (Fsp3) is 0.606. The summed E-state index contributed by atoms with van der Waals surface area (Å²) >= 11 is 3.55. The minimum absolute atomic E-state index is 0.198. The van der Waals surface area contributed by atoms with Gasteiger partial charge in [-0.2, -0.15) is 0 Å². The van der Waals surface area contributed by atoms with E-state index in [0.717, 1.165) is 32.0 Å². The zero-order valence-electron chi connectivity index (χ0n) is 26.5. The molecule has 2 aromatic rings. The normalized spacial score (nSPS) is 13.5. The summed E-state index contributed by atoms with van der Waals surface area (Å²) in [6, 6.07) is 8.52. The first kappa shape index (κ1) is 33.4. The van der Waals surface area contributed by atoms with Gasteiger partial charge in [-0.3, -0.25) is 0 Å². The van der Waals surface area contributed by atoms with Crippen molar-refractivity contribution in [3.05, 3.63) is 46.5 Å². The fourth-order valence-electron chi connectivity index (χ4n) is 4.61. The number of ether oxygens (including phenoxy) is 1. The Morgan fingerprint density at radius 3 is 1.56 bits per heavy atom. The van der Waals surface area contributed by atoms with Crippen LogP contribution < -0.4 is 4.74 Å². The van der Waals surface area contributed by atoms with Crippen LogP contribution in [0.2, 0.25) is 0 Å². The molecule has 2 rings (SSSR count). The standard InChI is InChI=1S/C33H50O4S2/c1-29(2,3)21-15-16-24(26(32(10,11)12)28(21)37-19-25(34)35)39-33(13,14)38-20-17-22(30(4,5)6)27(36)23(18-20)31(7,8)9/h15-18,36H,19H2,1-14H3,(H,34,35). The summed E-state index contributed by atoms with van der Waals surface area (Å²) in [5, 5.41) is 20.6. The van der Waals surface area contributed by atoms with Gasteiger partial charge in [0.2, 0.25) is 0 Å². The minimum Gasteiger partial charge on any atom is -0.507 e. The molecule has 0 amide bonds. The molecule has 0 aliphatic carbocycles. The predicted octanol–water partition coefficient (Wildman–Crippen LogP) is 9.67. The lowest BCUT2D eigenvalue weighted by molar-refractivity contribution is -0.139. The van der Waals surface area contributed by atoms with Gasteiger partial charge < -0.3 is 14.9 Å². The summed E-state index contributed by atoms with van der Waals surface area (Å²) in [7, 11) is 0. The molecule has 0 aliphatic heterocycles. The van der Waals surface area contributed by atoms with Crippen LogP contribution in [-0.2, 0) is 26.5 Å². The molecule has 0 bridgehead atoms. The number of aliphatic carboxylic acids is 1. The highest BCUT2D eigenvalue weighted by atomic mass is 32.2. The fourth-order valence-corrected chi connectivity index (χ4v) is 7.43. The van der Waals surface area contributed by atoms with Gasteiger partial charge in [0.15, 0.2) is 6.61 Å². The van der Waals surface area contributed by atoms with E-state index in [9.17, 15) is 15.0 Å². The van der Waals surface area contributed by atoms with Crippen LogP contribution in [0.25, 0.3) is 0 Å². The van der Waals surface area contributed by atoms with Crippen LogP contribution in [0, 0.1) is 0 Å². The van der Waals surface area contributed by atoms with Gasteiger partial charge in [0.25, 0.3) is 0 Å². The molecular formula is C33H50O4S2. The Bertz CT molecular complexity index is 1170. The number of phenols is 1. The van der Waals surface area contributed by atoms with Gasteiger partial charge in [-0.1, -0.05) is 89.2 Å². The van der Waals surface area contributed by atoms with E-state index in [1.165, 1.54) is 0 Å². The molecule has 0 atom stereocenters. The van der Waals surface area contributed by atoms with Gasteiger partial charge >= 0.3 is 5.97 Å². The smallest absolute Gasteiger partial charge is 0.341 e. The average Bonchev–Trinajstić information content (AvgIpc) is 2.69. The second kappa shape index (κ2) is 11.2. The molecule has 0 heterocycles. The number of phenolic OH excluding ortho intramolecular Hbond substituents is 1. The van der Waals surface area contributed by atoms with Crippen LogP contribution in [0.15, 0.2) is 34.1 Å². The number of thioether (sulfide) groups is 2. The van der Waals surface area contributed by atoms with Crippen LogP contribution in [0.3, 0.4) is 0 Å². The van der Waals surface area contributed by atoms with E-state index >= 15 is 0 Å². The van der Waals surface area contributed by atoms with Crippen LogP contribution in [0.4, 0.5) is 0 Å². The van der Waals surface area contributed by atoms with E-state index in [0.29, 0.717) is 11.5 Å². The molecule has 6 heteroatoms. The molecule has 218 valence electrons. The van der Waals surface area contributed by atoms with Gasteiger partial charge in [-0.15, -0.1) is 23.5 Å². The van der Waals surface area contributed by atoms with Gasteiger partial charge in [0.1, 0.15) is 11.5 Å². The maximum Gasteiger partial charge on any atom is 0.341 e. The summed E-state index contributed by atoms with van der Waals surface area (Å²) < 4.78 is 5.76. The molecular weight excluding hydrogens is 524 g/mol. The Morgan fingerprint density at radius 2 is 1.18 bits per heavy atom. The lowest BCUT2D eigenvalue weighted by Gasteiger charge is -2.34. The molecule has 2 aromatic carbocycles. The van der Waals surface area contributed by atoms with Crippen molar-refractivity contribution >= 4 is 29.5 Å². The highest BCUT2D eigenvalue weighted by Crippen LogP contribution is 2.52. The van der Waals surface area contributed by atoms with Crippen molar-refractivity contribution in [3.8, 4) is 11.5 Å². The summed E-state index contributed by atoms with van der Waals surface area (Å²) in [6.45, 7) is 29.7. The molecule has 0 aromatic heterocycles. The van der Waals surface area contributed by atoms with Crippen molar-refractivity contribution < 1.29 is 19.7 Å². The van der Waals surface area contributed by atoms with E-state index in [2.05, 4.69) is 121 Å². The van der Waals surface area contributed by atoms with Crippen LogP contribution in [0.5, 0.6) is 11.5 Å². The number of rotatable bonds is 7. The van der Waals surface area contributed by atoms with Crippen molar-refractivity contribution in [2.24, 2.45) is 0 Å². The predicted molar refractivity (Wildman–Crippen MR) is 168 cm³/mol. The molecule has 2 N–H and O–H groups in total. The molecule has 0 aliphatic rings. The number of carboxylic acid groups (broad SMARTS) is 1. The van der Waals surface area contributed by atoms with Crippen molar-refractivity contribution in [2.45, 2.75) is 132 Å². The molecule has 0 radical (unpaired) electrons. The SMILES string of the molecule is CC(C)(Sc1cc(C(C)(C)C)c(O)c(C(C)(C)C)c1)Sc1ccc(C(C)(C)C)c(OCC(=O)O)c1C(C)(C)C. The van der Waals surface area contributed by atoms with Crippen LogP contribution in [-0.4, -0.2) is 26.9 Å².